The van der Waals surface area contributed by atoms with Gasteiger partial charge in [-0.25, -0.2) is 0 Å². The van der Waals surface area contributed by atoms with Crippen molar-refractivity contribution >= 4 is 23.2 Å². The molecule has 2 nitrogen and oxygen atoms in total. The highest BCUT2D eigenvalue weighted by atomic mass is 35.5. The van der Waals surface area contributed by atoms with Gasteiger partial charge in [-0.05, 0) is 6.07 Å². The van der Waals surface area contributed by atoms with Crippen LogP contribution in [0.2, 0.25) is 0 Å². The van der Waals surface area contributed by atoms with Crippen molar-refractivity contribution in [3.05, 3.63) is 18.0 Å². The molecule has 1 rings (SSSR count). The van der Waals surface area contributed by atoms with E-state index in [1.54, 1.807) is 6.20 Å². The van der Waals surface area contributed by atoms with Crippen molar-refractivity contribution in [2.24, 2.45) is 0 Å². The molecule has 0 aliphatic heterocycles. The number of rotatable bonds is 2. The molecule has 0 aromatic carbocycles. The molecule has 0 saturated carbocycles. The van der Waals surface area contributed by atoms with Gasteiger partial charge in [0.25, 0.3) is 0 Å². The first kappa shape index (κ1) is 6.90. The summed E-state index contributed by atoms with van der Waals surface area (Å²) in [5, 5.41) is 6.48. The lowest BCUT2D eigenvalue weighted by Gasteiger charge is -1.94. The standard InChI is InChI=1S/C5H6Cl2N2/c6-5(7)3-4-1-2-8-9-4/h1-2,5H,3H2,(H,8,9). The topological polar surface area (TPSA) is 28.7 Å². The van der Waals surface area contributed by atoms with Gasteiger partial charge < -0.3 is 0 Å². The molecule has 0 atom stereocenters. The van der Waals surface area contributed by atoms with E-state index in [1.807, 2.05) is 6.07 Å². The van der Waals surface area contributed by atoms with Crippen LogP contribution in [0.5, 0.6) is 0 Å². The second-order valence-corrected chi connectivity index (χ2v) is 2.95. The first-order chi connectivity index (χ1) is 4.29. The summed E-state index contributed by atoms with van der Waals surface area (Å²) in [4.78, 5) is -0.342. The third kappa shape index (κ3) is 2.24. The number of nitrogens with one attached hydrogen (secondary N) is 1. The van der Waals surface area contributed by atoms with Crippen LogP contribution in [0.15, 0.2) is 12.3 Å². The minimum atomic E-state index is -0.342. The first-order valence-corrected chi connectivity index (χ1v) is 3.42. The molecular weight excluding hydrogens is 159 g/mol. The zero-order chi connectivity index (χ0) is 6.69. The van der Waals surface area contributed by atoms with Gasteiger partial charge in [-0.2, -0.15) is 5.10 Å². The molecule has 0 radical (unpaired) electrons. The number of nitrogens with zero attached hydrogens (tertiary/aromatic N) is 1. The van der Waals surface area contributed by atoms with Crippen LogP contribution < -0.4 is 0 Å². The van der Waals surface area contributed by atoms with Crippen molar-refractivity contribution in [1.29, 1.82) is 0 Å². The molecule has 50 valence electrons. The summed E-state index contributed by atoms with van der Waals surface area (Å²) in [5.74, 6) is 0. The summed E-state index contributed by atoms with van der Waals surface area (Å²) in [6.07, 6.45) is 2.30. The average molecular weight is 165 g/mol. The minimum Gasteiger partial charge on any atom is -0.282 e. The Kier molecular flexibility index (Phi) is 2.37. The molecule has 1 heterocycles. The van der Waals surface area contributed by atoms with E-state index in [9.17, 15) is 0 Å². The van der Waals surface area contributed by atoms with E-state index < -0.39 is 0 Å². The molecule has 4 heteroatoms. The van der Waals surface area contributed by atoms with Gasteiger partial charge in [-0.3, -0.25) is 5.10 Å². The Hall–Kier alpha value is -0.210. The highest BCUT2D eigenvalue weighted by Gasteiger charge is 2.00. The van der Waals surface area contributed by atoms with Crippen molar-refractivity contribution in [3.8, 4) is 0 Å². The molecule has 1 N–H and O–H groups in total. The summed E-state index contributed by atoms with van der Waals surface area (Å²) in [7, 11) is 0. The lowest BCUT2D eigenvalue weighted by atomic mass is 10.3. The van der Waals surface area contributed by atoms with Crippen LogP contribution in [0.1, 0.15) is 5.69 Å². The fraction of sp³-hybridized carbons (Fsp3) is 0.400. The van der Waals surface area contributed by atoms with Gasteiger partial charge in [0.05, 0.1) is 0 Å². The molecule has 0 aliphatic carbocycles. The Bertz CT molecular complexity index is 159. The monoisotopic (exact) mass is 164 g/mol. The highest BCUT2D eigenvalue weighted by Crippen LogP contribution is 2.07. The molecule has 0 amide bonds. The maximum atomic E-state index is 5.49. The maximum absolute atomic E-state index is 5.49. The number of aromatic nitrogens is 2. The van der Waals surface area contributed by atoms with E-state index in [1.165, 1.54) is 0 Å². The number of hydrogen-bond donors (Lipinski definition) is 1. The third-order valence-electron chi connectivity index (χ3n) is 0.933. The summed E-state index contributed by atoms with van der Waals surface area (Å²) in [5.41, 5.74) is 0.963. The van der Waals surface area contributed by atoms with Crippen molar-refractivity contribution < 1.29 is 0 Å². The van der Waals surface area contributed by atoms with Gasteiger partial charge in [0, 0.05) is 18.3 Å². The third-order valence-corrected chi connectivity index (χ3v) is 1.24. The number of aromatic amines is 1. The van der Waals surface area contributed by atoms with E-state index in [4.69, 9.17) is 23.2 Å². The van der Waals surface area contributed by atoms with Crippen molar-refractivity contribution in [2.45, 2.75) is 11.3 Å². The molecular formula is C5H6Cl2N2. The van der Waals surface area contributed by atoms with Gasteiger partial charge in [-0.15, -0.1) is 23.2 Å². The molecule has 1 aromatic rings. The van der Waals surface area contributed by atoms with Crippen molar-refractivity contribution in [1.82, 2.24) is 10.2 Å². The molecule has 0 unspecified atom stereocenters. The fourth-order valence-corrected chi connectivity index (χ4v) is 0.897. The summed E-state index contributed by atoms with van der Waals surface area (Å²) < 4.78 is 0. The second-order valence-electron chi connectivity index (χ2n) is 1.68. The molecule has 0 aliphatic rings. The molecule has 1 aromatic heterocycles. The van der Waals surface area contributed by atoms with E-state index >= 15 is 0 Å². The quantitative estimate of drug-likeness (QED) is 0.664. The maximum Gasteiger partial charge on any atom is 0.113 e. The van der Waals surface area contributed by atoms with Gasteiger partial charge in [0.2, 0.25) is 0 Å². The van der Waals surface area contributed by atoms with Gasteiger partial charge >= 0.3 is 0 Å². The molecule has 0 spiro atoms. The van der Waals surface area contributed by atoms with E-state index in [2.05, 4.69) is 10.2 Å². The fourth-order valence-electron chi connectivity index (χ4n) is 0.565. The summed E-state index contributed by atoms with van der Waals surface area (Å²) >= 11 is 11.0. The van der Waals surface area contributed by atoms with E-state index in [0.717, 1.165) is 5.69 Å². The number of alkyl halides is 2. The van der Waals surface area contributed by atoms with Crippen LogP contribution in [0.3, 0.4) is 0 Å². The lowest BCUT2D eigenvalue weighted by Crippen LogP contribution is -1.93. The SMILES string of the molecule is ClC(Cl)Cc1ccn[nH]1. The Morgan fingerprint density at radius 2 is 2.44 bits per heavy atom. The smallest absolute Gasteiger partial charge is 0.113 e. The predicted octanol–water partition coefficient (Wildman–Crippen LogP) is 1.76. The zero-order valence-electron chi connectivity index (χ0n) is 4.64. The van der Waals surface area contributed by atoms with Crippen LogP contribution in [0, 0.1) is 0 Å². The molecule has 0 bridgehead atoms. The molecule has 9 heavy (non-hydrogen) atoms. The molecule has 0 saturated heterocycles. The Morgan fingerprint density at radius 3 is 2.89 bits per heavy atom. The number of hydrogen-bond acceptors (Lipinski definition) is 1. The van der Waals surface area contributed by atoms with Crippen LogP contribution in [-0.2, 0) is 6.42 Å². The van der Waals surface area contributed by atoms with Gasteiger partial charge in [-0.1, -0.05) is 0 Å². The first-order valence-electron chi connectivity index (χ1n) is 2.55. The normalized spacial score (nSPS) is 10.6. The second kappa shape index (κ2) is 3.08. The Balaban J connectivity index is 2.48. The van der Waals surface area contributed by atoms with Crippen LogP contribution >= 0.6 is 23.2 Å². The zero-order valence-corrected chi connectivity index (χ0v) is 6.15. The van der Waals surface area contributed by atoms with Crippen LogP contribution in [0.4, 0.5) is 0 Å². The Morgan fingerprint density at radius 1 is 1.67 bits per heavy atom. The number of halogens is 2. The minimum absolute atomic E-state index is 0.342. The van der Waals surface area contributed by atoms with E-state index in [0.29, 0.717) is 6.42 Å². The van der Waals surface area contributed by atoms with Gasteiger partial charge in [0.1, 0.15) is 4.84 Å². The molecule has 0 fully saturated rings. The van der Waals surface area contributed by atoms with Crippen LogP contribution in [0.25, 0.3) is 0 Å². The summed E-state index contributed by atoms with van der Waals surface area (Å²) in [6, 6.07) is 1.84. The van der Waals surface area contributed by atoms with Crippen molar-refractivity contribution in [2.75, 3.05) is 0 Å². The predicted molar refractivity (Wildman–Crippen MR) is 37.8 cm³/mol. The lowest BCUT2D eigenvalue weighted by molar-refractivity contribution is 0.956. The van der Waals surface area contributed by atoms with Crippen LogP contribution in [-0.4, -0.2) is 15.0 Å². The number of H-pyrrole nitrogens is 1. The van der Waals surface area contributed by atoms with Crippen molar-refractivity contribution in [3.63, 3.8) is 0 Å². The van der Waals surface area contributed by atoms with Gasteiger partial charge in [0.15, 0.2) is 0 Å². The summed E-state index contributed by atoms with van der Waals surface area (Å²) in [6.45, 7) is 0. The van der Waals surface area contributed by atoms with E-state index in [-0.39, 0.29) is 4.84 Å². The Labute approximate surface area is 63.2 Å². The highest BCUT2D eigenvalue weighted by molar-refractivity contribution is 6.44. The largest absolute Gasteiger partial charge is 0.282 e. The average Bonchev–Trinajstić information content (AvgIpc) is 2.15.